The second-order valence-electron chi connectivity index (χ2n) is 8.01. The minimum absolute atomic E-state index is 0.00753. The van der Waals surface area contributed by atoms with Crippen LogP contribution in [0.5, 0.6) is 0 Å². The number of carbonyl (C=O) groups excluding carboxylic acids is 1. The Morgan fingerprint density at radius 2 is 1.64 bits per heavy atom. The Labute approximate surface area is 198 Å². The predicted molar refractivity (Wildman–Crippen MR) is 134 cm³/mol. The third kappa shape index (κ3) is 5.21. The molecule has 1 N–H and O–H groups in total. The maximum Gasteiger partial charge on any atom is 0.244 e. The molecule has 1 amide bonds. The summed E-state index contributed by atoms with van der Waals surface area (Å²) in [4.78, 5) is 14.9. The van der Waals surface area contributed by atoms with Crippen LogP contribution in [0.25, 0.3) is 10.9 Å². The van der Waals surface area contributed by atoms with E-state index in [0.717, 1.165) is 5.69 Å². The van der Waals surface area contributed by atoms with Crippen molar-refractivity contribution in [3.63, 3.8) is 0 Å². The number of nitrogens with zero attached hydrogens (tertiary/aromatic N) is 2. The van der Waals surface area contributed by atoms with E-state index < -0.39 is 9.84 Å². The zero-order chi connectivity index (χ0) is 23.6. The average Bonchev–Trinajstić information content (AvgIpc) is 3.15. The number of carbonyl (C=O) groups is 1. The molecule has 170 valence electrons. The molecule has 0 fully saturated rings. The van der Waals surface area contributed by atoms with Gasteiger partial charge in [-0.2, -0.15) is 0 Å². The highest BCUT2D eigenvalue weighted by Gasteiger charge is 2.22. The average molecular weight is 482 g/mol. The normalized spacial score (nSPS) is 11.5. The van der Waals surface area contributed by atoms with Crippen LogP contribution in [0.3, 0.4) is 0 Å². The van der Waals surface area contributed by atoms with Crippen LogP contribution in [0.1, 0.15) is 5.56 Å². The second-order valence-corrected chi connectivity index (χ2v) is 10.4. The lowest BCUT2D eigenvalue weighted by molar-refractivity contribution is -0.116. The highest BCUT2D eigenvalue weighted by molar-refractivity contribution is 7.90. The van der Waals surface area contributed by atoms with E-state index in [1.807, 2.05) is 55.4 Å². The van der Waals surface area contributed by atoms with Crippen molar-refractivity contribution in [3.05, 3.63) is 89.6 Å². The van der Waals surface area contributed by atoms with Gasteiger partial charge in [-0.1, -0.05) is 41.9 Å². The molecule has 4 rings (SSSR count). The monoisotopic (exact) mass is 481 g/mol. The van der Waals surface area contributed by atoms with Crippen molar-refractivity contribution in [2.75, 3.05) is 24.3 Å². The smallest absolute Gasteiger partial charge is 0.244 e. The van der Waals surface area contributed by atoms with Crippen molar-refractivity contribution in [2.24, 2.45) is 0 Å². The molecule has 6 nitrogen and oxygen atoms in total. The third-order valence-corrected chi connectivity index (χ3v) is 7.30. The minimum Gasteiger partial charge on any atom is -0.378 e. The lowest BCUT2D eigenvalue weighted by Crippen LogP contribution is -2.18. The SMILES string of the molecule is CN(C)c1ccc(NC(=O)Cn2cc(S(=O)(=O)Cc3ccc(Cl)cc3)c3ccccc32)cc1. The Morgan fingerprint density at radius 3 is 2.30 bits per heavy atom. The number of benzene rings is 3. The summed E-state index contributed by atoms with van der Waals surface area (Å²) in [5, 5.41) is 4.02. The molecule has 0 radical (unpaired) electrons. The van der Waals surface area contributed by atoms with Crippen molar-refractivity contribution >= 4 is 49.6 Å². The van der Waals surface area contributed by atoms with Crippen molar-refractivity contribution < 1.29 is 13.2 Å². The summed E-state index contributed by atoms with van der Waals surface area (Å²) in [6.07, 6.45) is 1.55. The fourth-order valence-corrected chi connectivity index (χ4v) is 5.38. The van der Waals surface area contributed by atoms with E-state index in [2.05, 4.69) is 5.32 Å². The number of amides is 1. The first-order valence-corrected chi connectivity index (χ1v) is 12.4. The molecule has 0 aliphatic rings. The molecular weight excluding hydrogens is 458 g/mol. The number of anilines is 2. The van der Waals surface area contributed by atoms with Crippen LogP contribution >= 0.6 is 11.6 Å². The Balaban J connectivity index is 1.59. The molecular formula is C25H24ClN3O3S. The zero-order valence-corrected chi connectivity index (χ0v) is 19.9. The van der Waals surface area contributed by atoms with Crippen molar-refractivity contribution in [1.29, 1.82) is 0 Å². The molecule has 0 bridgehead atoms. The summed E-state index contributed by atoms with van der Waals surface area (Å²) in [5.41, 5.74) is 3.04. The first kappa shape index (κ1) is 22.9. The summed E-state index contributed by atoms with van der Waals surface area (Å²) < 4.78 is 28.1. The van der Waals surface area contributed by atoms with Crippen LogP contribution in [-0.4, -0.2) is 33.0 Å². The molecule has 1 aromatic heterocycles. The quantitative estimate of drug-likeness (QED) is 0.404. The summed E-state index contributed by atoms with van der Waals surface area (Å²) >= 11 is 5.92. The molecule has 0 unspecified atom stereocenters. The van der Waals surface area contributed by atoms with Gasteiger partial charge in [0.2, 0.25) is 5.91 Å². The molecule has 4 aromatic rings. The molecule has 0 spiro atoms. The summed E-state index contributed by atoms with van der Waals surface area (Å²) in [7, 11) is 0.256. The van der Waals surface area contributed by atoms with Crippen LogP contribution in [-0.2, 0) is 26.9 Å². The van der Waals surface area contributed by atoms with Crippen LogP contribution < -0.4 is 10.2 Å². The number of hydrogen-bond donors (Lipinski definition) is 1. The van der Waals surface area contributed by atoms with Gasteiger partial charge in [0.05, 0.1) is 10.6 Å². The zero-order valence-electron chi connectivity index (χ0n) is 18.3. The van der Waals surface area contributed by atoms with Gasteiger partial charge >= 0.3 is 0 Å². The van der Waals surface area contributed by atoms with Crippen molar-refractivity contribution in [3.8, 4) is 0 Å². The van der Waals surface area contributed by atoms with Crippen LogP contribution in [0, 0.1) is 0 Å². The highest BCUT2D eigenvalue weighted by Crippen LogP contribution is 2.28. The first-order chi connectivity index (χ1) is 15.7. The first-order valence-electron chi connectivity index (χ1n) is 10.4. The molecule has 0 saturated carbocycles. The van der Waals surface area contributed by atoms with Crippen molar-refractivity contribution in [2.45, 2.75) is 17.2 Å². The van der Waals surface area contributed by atoms with E-state index in [4.69, 9.17) is 11.6 Å². The number of rotatable bonds is 7. The molecule has 0 atom stereocenters. The van der Waals surface area contributed by atoms with Gasteiger partial charge in [0.25, 0.3) is 0 Å². The fraction of sp³-hybridized carbons (Fsp3) is 0.160. The number of nitrogens with one attached hydrogen (secondary N) is 1. The van der Waals surface area contributed by atoms with Crippen LogP contribution in [0.2, 0.25) is 5.02 Å². The van der Waals surface area contributed by atoms with Gasteiger partial charge in [0.1, 0.15) is 6.54 Å². The van der Waals surface area contributed by atoms with Crippen LogP contribution in [0.4, 0.5) is 11.4 Å². The van der Waals surface area contributed by atoms with E-state index in [-0.39, 0.29) is 23.1 Å². The summed E-state index contributed by atoms with van der Waals surface area (Å²) in [6.45, 7) is -0.00753. The molecule has 33 heavy (non-hydrogen) atoms. The maximum atomic E-state index is 13.2. The van der Waals surface area contributed by atoms with E-state index in [1.54, 1.807) is 47.2 Å². The number of aromatic nitrogens is 1. The summed E-state index contributed by atoms with van der Waals surface area (Å²) in [5.74, 6) is -0.391. The van der Waals surface area contributed by atoms with Gasteiger partial charge in [0, 0.05) is 47.6 Å². The lowest BCUT2D eigenvalue weighted by Gasteiger charge is -2.13. The summed E-state index contributed by atoms with van der Waals surface area (Å²) in [6, 6.07) is 21.5. The lowest BCUT2D eigenvalue weighted by atomic mass is 10.2. The van der Waals surface area contributed by atoms with Gasteiger partial charge in [0.15, 0.2) is 9.84 Å². The fourth-order valence-electron chi connectivity index (χ4n) is 3.67. The molecule has 0 saturated heterocycles. The molecule has 0 aliphatic heterocycles. The van der Waals surface area contributed by atoms with E-state index in [9.17, 15) is 13.2 Å². The third-order valence-electron chi connectivity index (χ3n) is 5.34. The van der Waals surface area contributed by atoms with E-state index in [0.29, 0.717) is 27.2 Å². The predicted octanol–water partition coefficient (Wildman–Crippen LogP) is 4.97. The van der Waals surface area contributed by atoms with Gasteiger partial charge in [-0.25, -0.2) is 8.42 Å². The van der Waals surface area contributed by atoms with Crippen molar-refractivity contribution in [1.82, 2.24) is 4.57 Å². The van der Waals surface area contributed by atoms with Gasteiger partial charge in [-0.05, 0) is 48.0 Å². The van der Waals surface area contributed by atoms with Gasteiger partial charge < -0.3 is 14.8 Å². The highest BCUT2D eigenvalue weighted by atomic mass is 35.5. The van der Waals surface area contributed by atoms with Crippen LogP contribution in [0.15, 0.2) is 83.9 Å². The molecule has 1 heterocycles. The Morgan fingerprint density at radius 1 is 0.970 bits per heavy atom. The number of halogens is 1. The second kappa shape index (κ2) is 9.29. The number of fused-ring (bicyclic) bond motifs is 1. The van der Waals surface area contributed by atoms with Gasteiger partial charge in [-0.15, -0.1) is 0 Å². The number of para-hydroxylation sites is 1. The van der Waals surface area contributed by atoms with Gasteiger partial charge in [-0.3, -0.25) is 4.79 Å². The topological polar surface area (TPSA) is 71.4 Å². The largest absolute Gasteiger partial charge is 0.378 e. The molecule has 0 aliphatic carbocycles. The standard InChI is InChI=1S/C25H24ClN3O3S/c1-28(2)21-13-11-20(12-14-21)27-25(30)16-29-15-24(22-5-3-4-6-23(22)29)33(31,32)17-18-7-9-19(26)10-8-18/h3-15H,16-17H2,1-2H3,(H,27,30). The Hall–Kier alpha value is -3.29. The van der Waals surface area contributed by atoms with E-state index >= 15 is 0 Å². The number of hydrogen-bond acceptors (Lipinski definition) is 4. The number of sulfone groups is 1. The Bertz CT molecular complexity index is 1390. The van der Waals surface area contributed by atoms with E-state index in [1.165, 1.54) is 0 Å². The molecule has 3 aromatic carbocycles. The minimum atomic E-state index is -3.64. The maximum absolute atomic E-state index is 13.2. The molecule has 8 heteroatoms. The Kier molecular flexibility index (Phi) is 6.44.